The fourth-order valence-electron chi connectivity index (χ4n) is 1.70. The highest BCUT2D eigenvalue weighted by Crippen LogP contribution is 2.13. The monoisotopic (exact) mass is 329 g/mol. The summed E-state index contributed by atoms with van der Waals surface area (Å²) in [6.07, 6.45) is 0.577. The summed E-state index contributed by atoms with van der Waals surface area (Å²) in [6, 6.07) is 6.98. The minimum absolute atomic E-state index is 0.101. The summed E-state index contributed by atoms with van der Waals surface area (Å²) >= 11 is 10.7. The molecule has 0 saturated carbocycles. The van der Waals surface area contributed by atoms with Gasteiger partial charge in [0.25, 0.3) is 0 Å². The van der Waals surface area contributed by atoms with Crippen molar-refractivity contribution in [2.45, 2.75) is 6.42 Å². The van der Waals surface area contributed by atoms with E-state index in [1.54, 1.807) is 31.4 Å². The number of ether oxygens (including phenoxy) is 1. The van der Waals surface area contributed by atoms with Gasteiger partial charge in [-0.15, -0.1) is 0 Å². The topological polar surface area (TPSA) is 67.6 Å². The number of hydrogen-bond acceptors (Lipinski definition) is 4. The molecule has 0 radical (unpaired) electrons. The molecule has 0 fully saturated rings. The third-order valence-corrected chi connectivity index (χ3v) is 3.24. The molecule has 1 amide bonds. The van der Waals surface area contributed by atoms with Crippen LogP contribution in [0.15, 0.2) is 24.3 Å². The number of rotatable bonds is 9. The smallest absolute Gasteiger partial charge is 0.238 e. The number of thiocarbonyl (C=S) groups is 1. The van der Waals surface area contributed by atoms with Gasteiger partial charge in [-0.25, -0.2) is 0 Å². The van der Waals surface area contributed by atoms with Crippen molar-refractivity contribution in [2.75, 3.05) is 38.7 Å². The van der Waals surface area contributed by atoms with E-state index in [9.17, 15) is 4.79 Å². The second-order valence-electron chi connectivity index (χ2n) is 4.54. The van der Waals surface area contributed by atoms with Crippen LogP contribution in [0.3, 0.4) is 0 Å². The summed E-state index contributed by atoms with van der Waals surface area (Å²) in [7, 11) is 1.62. The van der Waals surface area contributed by atoms with Crippen LogP contribution in [0.25, 0.3) is 0 Å². The quantitative estimate of drug-likeness (QED) is 0.677. The molecule has 0 aliphatic heterocycles. The minimum atomic E-state index is -0.101. The molecule has 21 heavy (non-hydrogen) atoms. The number of halogens is 1. The Hall–Kier alpha value is -1.21. The second kappa shape index (κ2) is 9.68. The van der Waals surface area contributed by atoms with Crippen molar-refractivity contribution in [1.82, 2.24) is 4.90 Å². The van der Waals surface area contributed by atoms with Crippen LogP contribution in [0.5, 0.6) is 0 Å². The lowest BCUT2D eigenvalue weighted by atomic mass is 10.3. The molecular weight excluding hydrogens is 310 g/mol. The van der Waals surface area contributed by atoms with Crippen LogP contribution in [0.4, 0.5) is 5.69 Å². The lowest BCUT2D eigenvalue weighted by molar-refractivity contribution is -0.117. The van der Waals surface area contributed by atoms with Crippen molar-refractivity contribution in [3.8, 4) is 0 Å². The Bertz CT molecular complexity index is 468. The summed E-state index contributed by atoms with van der Waals surface area (Å²) < 4.78 is 5.04. The van der Waals surface area contributed by atoms with E-state index in [2.05, 4.69) is 5.32 Å². The van der Waals surface area contributed by atoms with Crippen molar-refractivity contribution >= 4 is 40.4 Å². The highest BCUT2D eigenvalue weighted by molar-refractivity contribution is 7.80. The molecule has 0 aliphatic rings. The number of carbonyl (C=O) groups excluding carboxylic acids is 1. The molecule has 0 aliphatic carbocycles. The van der Waals surface area contributed by atoms with Crippen molar-refractivity contribution in [3.63, 3.8) is 0 Å². The zero-order valence-corrected chi connectivity index (χ0v) is 13.5. The molecule has 7 heteroatoms. The van der Waals surface area contributed by atoms with Crippen LogP contribution in [0.1, 0.15) is 6.42 Å². The maximum atomic E-state index is 12.0. The molecule has 0 saturated heterocycles. The summed E-state index contributed by atoms with van der Waals surface area (Å²) in [5, 5.41) is 3.45. The second-order valence-corrected chi connectivity index (χ2v) is 5.50. The van der Waals surface area contributed by atoms with Crippen molar-refractivity contribution < 1.29 is 9.53 Å². The Labute approximate surface area is 135 Å². The van der Waals surface area contributed by atoms with E-state index in [4.69, 9.17) is 34.3 Å². The van der Waals surface area contributed by atoms with Gasteiger partial charge in [-0.1, -0.05) is 23.8 Å². The molecule has 1 rings (SSSR count). The van der Waals surface area contributed by atoms with Gasteiger partial charge in [0, 0.05) is 37.3 Å². The number of nitrogens with two attached hydrogens (primary N) is 1. The van der Waals surface area contributed by atoms with Gasteiger partial charge in [0.1, 0.15) is 0 Å². The Balaban J connectivity index is 2.49. The van der Waals surface area contributed by atoms with E-state index in [-0.39, 0.29) is 12.5 Å². The highest BCUT2D eigenvalue weighted by Gasteiger charge is 2.11. The van der Waals surface area contributed by atoms with Gasteiger partial charge in [-0.05, 0) is 24.3 Å². The largest absolute Gasteiger partial charge is 0.393 e. The number of anilines is 1. The van der Waals surface area contributed by atoms with E-state index in [0.29, 0.717) is 41.8 Å². The number of nitrogens with zero attached hydrogens (tertiary/aromatic N) is 1. The van der Waals surface area contributed by atoms with Crippen LogP contribution in [0, 0.1) is 0 Å². The fourth-order valence-corrected chi connectivity index (χ4v) is 1.91. The van der Waals surface area contributed by atoms with Crippen LogP contribution in [-0.2, 0) is 9.53 Å². The maximum absolute atomic E-state index is 12.0. The molecule has 0 unspecified atom stereocenters. The molecule has 0 aromatic heterocycles. The Morgan fingerprint density at radius 3 is 2.62 bits per heavy atom. The first kappa shape index (κ1) is 17.8. The fraction of sp³-hybridized carbons (Fsp3) is 0.429. The zero-order chi connectivity index (χ0) is 15.7. The molecular formula is C14H20ClN3O2S. The Kier molecular flexibility index (Phi) is 8.22. The van der Waals surface area contributed by atoms with Crippen LogP contribution in [0.2, 0.25) is 5.02 Å². The van der Waals surface area contributed by atoms with Gasteiger partial charge < -0.3 is 15.8 Å². The molecule has 3 N–H and O–H groups in total. The summed E-state index contributed by atoms with van der Waals surface area (Å²) in [5.41, 5.74) is 6.21. The third-order valence-electron chi connectivity index (χ3n) is 2.78. The van der Waals surface area contributed by atoms with Gasteiger partial charge in [-0.3, -0.25) is 9.69 Å². The van der Waals surface area contributed by atoms with Gasteiger partial charge in [0.15, 0.2) is 0 Å². The summed E-state index contributed by atoms with van der Waals surface area (Å²) in [6.45, 7) is 2.08. The van der Waals surface area contributed by atoms with E-state index in [1.165, 1.54) is 0 Å². The molecule has 0 heterocycles. The predicted octanol–water partition coefficient (Wildman–Crippen LogP) is 1.90. The number of benzene rings is 1. The highest BCUT2D eigenvalue weighted by atomic mass is 35.5. The predicted molar refractivity (Wildman–Crippen MR) is 89.8 cm³/mol. The normalized spacial score (nSPS) is 10.6. The SMILES string of the molecule is COCCN(CCC(N)=S)CC(=O)Nc1ccc(Cl)cc1. The van der Waals surface area contributed by atoms with E-state index in [1.807, 2.05) is 4.90 Å². The van der Waals surface area contributed by atoms with Crippen LogP contribution in [-0.4, -0.2) is 49.1 Å². The van der Waals surface area contributed by atoms with E-state index < -0.39 is 0 Å². The zero-order valence-electron chi connectivity index (χ0n) is 12.0. The van der Waals surface area contributed by atoms with Gasteiger partial charge in [-0.2, -0.15) is 0 Å². The lowest BCUT2D eigenvalue weighted by Gasteiger charge is -2.21. The van der Waals surface area contributed by atoms with Gasteiger partial charge >= 0.3 is 0 Å². The number of amides is 1. The number of carbonyl (C=O) groups is 1. The molecule has 116 valence electrons. The first-order valence-corrected chi connectivity index (χ1v) is 7.35. The molecule has 0 atom stereocenters. The molecule has 5 nitrogen and oxygen atoms in total. The average molecular weight is 330 g/mol. The first-order valence-electron chi connectivity index (χ1n) is 6.56. The van der Waals surface area contributed by atoms with Gasteiger partial charge in [0.2, 0.25) is 5.91 Å². The number of hydrogen-bond donors (Lipinski definition) is 2. The Morgan fingerprint density at radius 1 is 1.38 bits per heavy atom. The minimum Gasteiger partial charge on any atom is -0.393 e. The third kappa shape index (κ3) is 7.96. The Morgan fingerprint density at radius 2 is 2.05 bits per heavy atom. The summed E-state index contributed by atoms with van der Waals surface area (Å²) in [5.74, 6) is -0.101. The van der Waals surface area contributed by atoms with Crippen molar-refractivity contribution in [2.24, 2.45) is 5.73 Å². The van der Waals surface area contributed by atoms with Crippen molar-refractivity contribution in [3.05, 3.63) is 29.3 Å². The van der Waals surface area contributed by atoms with Crippen LogP contribution >= 0.6 is 23.8 Å². The number of nitrogens with one attached hydrogen (secondary N) is 1. The van der Waals surface area contributed by atoms with Crippen molar-refractivity contribution in [1.29, 1.82) is 0 Å². The molecule has 0 spiro atoms. The lowest BCUT2D eigenvalue weighted by Crippen LogP contribution is -2.37. The molecule has 1 aromatic carbocycles. The van der Waals surface area contributed by atoms with Crippen LogP contribution < -0.4 is 11.1 Å². The molecule has 0 bridgehead atoms. The summed E-state index contributed by atoms with van der Waals surface area (Å²) in [4.78, 5) is 14.4. The molecule has 1 aromatic rings. The number of methoxy groups -OCH3 is 1. The van der Waals surface area contributed by atoms with Gasteiger partial charge in [0.05, 0.1) is 18.1 Å². The standard InChI is InChI=1S/C14H20ClN3O2S/c1-20-9-8-18(7-6-13(16)21)10-14(19)17-12-4-2-11(15)3-5-12/h2-5H,6-10H2,1H3,(H2,16,21)(H,17,19). The van der Waals surface area contributed by atoms with E-state index in [0.717, 1.165) is 0 Å². The van der Waals surface area contributed by atoms with E-state index >= 15 is 0 Å². The first-order chi connectivity index (χ1) is 10.0. The maximum Gasteiger partial charge on any atom is 0.238 e. The average Bonchev–Trinajstić information content (AvgIpc) is 2.44.